The third-order valence-electron chi connectivity index (χ3n) is 5.26. The molecule has 3 aromatic rings. The van der Waals surface area contributed by atoms with Crippen LogP contribution in [0.15, 0.2) is 41.8 Å². The molecule has 0 radical (unpaired) electrons. The Kier molecular flexibility index (Phi) is 5.82. The summed E-state index contributed by atoms with van der Waals surface area (Å²) in [5.74, 6) is -0.709. The summed E-state index contributed by atoms with van der Waals surface area (Å²) >= 11 is 1.28. The van der Waals surface area contributed by atoms with E-state index in [1.807, 2.05) is 35.2 Å². The van der Waals surface area contributed by atoms with Crippen molar-refractivity contribution >= 4 is 45.0 Å². The maximum Gasteiger partial charge on any atom is 0.270 e. The third-order valence-corrected chi connectivity index (χ3v) is 6.09. The highest BCUT2D eigenvalue weighted by atomic mass is 32.1. The lowest BCUT2D eigenvalue weighted by molar-refractivity contribution is -0.116. The molecular weight excluding hydrogens is 402 g/mol. The molecule has 0 bridgehead atoms. The monoisotopic (exact) mass is 425 g/mol. The van der Waals surface area contributed by atoms with E-state index in [9.17, 15) is 14.4 Å². The van der Waals surface area contributed by atoms with E-state index in [2.05, 4.69) is 15.2 Å². The van der Waals surface area contributed by atoms with E-state index >= 15 is 0 Å². The van der Waals surface area contributed by atoms with Gasteiger partial charge in [-0.2, -0.15) is 0 Å². The molecule has 1 aromatic carbocycles. The van der Waals surface area contributed by atoms with Crippen LogP contribution >= 0.6 is 11.3 Å². The van der Waals surface area contributed by atoms with Crippen molar-refractivity contribution in [3.63, 3.8) is 0 Å². The molecule has 1 fully saturated rings. The molecule has 2 aromatic heterocycles. The zero-order valence-electron chi connectivity index (χ0n) is 16.4. The van der Waals surface area contributed by atoms with Crippen molar-refractivity contribution < 1.29 is 14.4 Å². The number of amides is 3. The van der Waals surface area contributed by atoms with Crippen LogP contribution in [-0.2, 0) is 4.79 Å². The highest BCUT2D eigenvalue weighted by molar-refractivity contribution is 7.14. The number of benzene rings is 1. The van der Waals surface area contributed by atoms with Gasteiger partial charge in [-0.1, -0.05) is 18.2 Å². The Balaban J connectivity index is 1.25. The fourth-order valence-electron chi connectivity index (χ4n) is 3.58. The molecule has 0 unspecified atom stereocenters. The Hall–Kier alpha value is -3.17. The van der Waals surface area contributed by atoms with Crippen LogP contribution in [-0.4, -0.2) is 65.2 Å². The summed E-state index contributed by atoms with van der Waals surface area (Å²) in [6, 6.07) is 11.3. The molecule has 0 atom stereocenters. The number of fused-ring (bicyclic) bond motifs is 1. The fourth-order valence-corrected chi connectivity index (χ4v) is 4.39. The molecule has 1 saturated heterocycles. The van der Waals surface area contributed by atoms with Gasteiger partial charge in [0.15, 0.2) is 0 Å². The number of anilines is 1. The zero-order valence-corrected chi connectivity index (χ0v) is 17.2. The van der Waals surface area contributed by atoms with Crippen molar-refractivity contribution in [2.24, 2.45) is 5.73 Å². The van der Waals surface area contributed by atoms with Crippen LogP contribution in [0.2, 0.25) is 0 Å². The van der Waals surface area contributed by atoms with Gasteiger partial charge in [0, 0.05) is 50.0 Å². The second-order valence-corrected chi connectivity index (χ2v) is 8.15. The van der Waals surface area contributed by atoms with Crippen molar-refractivity contribution in [1.82, 2.24) is 14.8 Å². The molecule has 1 aliphatic rings. The summed E-state index contributed by atoms with van der Waals surface area (Å²) < 4.78 is 0. The molecule has 3 heterocycles. The van der Waals surface area contributed by atoms with Gasteiger partial charge in [0.05, 0.1) is 5.56 Å². The minimum absolute atomic E-state index is 0.000250. The number of rotatable bonds is 6. The standard InChI is InChI=1S/C21H23N5O3S/c22-19(28)15-6-12-30-20(15)24-18(27)5-7-25-8-10-26(11-9-25)21(29)17-13-14-3-1-2-4-16(14)23-17/h1-4,6,12-13,23H,5,7-11H2,(H2,22,28)(H,24,27). The first kappa shape index (κ1) is 20.1. The Bertz CT molecular complexity index is 1050. The lowest BCUT2D eigenvalue weighted by atomic mass is 10.2. The van der Waals surface area contributed by atoms with E-state index in [1.54, 1.807) is 11.4 Å². The Labute approximate surface area is 177 Å². The number of aromatic amines is 1. The van der Waals surface area contributed by atoms with Gasteiger partial charge in [-0.25, -0.2) is 0 Å². The summed E-state index contributed by atoms with van der Waals surface area (Å²) in [7, 11) is 0. The van der Waals surface area contributed by atoms with Gasteiger partial charge in [-0.3, -0.25) is 19.3 Å². The molecule has 0 aliphatic carbocycles. The number of nitrogens with two attached hydrogens (primary N) is 1. The number of nitrogens with one attached hydrogen (secondary N) is 2. The second kappa shape index (κ2) is 8.68. The average molecular weight is 426 g/mol. The quantitative estimate of drug-likeness (QED) is 0.562. The third kappa shape index (κ3) is 4.37. The van der Waals surface area contributed by atoms with Gasteiger partial charge in [0.25, 0.3) is 11.8 Å². The zero-order chi connectivity index (χ0) is 21.1. The number of para-hydroxylation sites is 1. The fraction of sp³-hybridized carbons (Fsp3) is 0.286. The Morgan fingerprint density at radius 2 is 1.87 bits per heavy atom. The molecule has 4 rings (SSSR count). The largest absolute Gasteiger partial charge is 0.366 e. The van der Waals surface area contributed by atoms with E-state index in [4.69, 9.17) is 5.73 Å². The number of carbonyl (C=O) groups is 3. The number of hydrogen-bond donors (Lipinski definition) is 3. The predicted octanol–water partition coefficient (Wildman–Crippen LogP) is 2.11. The Morgan fingerprint density at radius 1 is 1.10 bits per heavy atom. The van der Waals surface area contributed by atoms with Gasteiger partial charge >= 0.3 is 0 Å². The van der Waals surface area contributed by atoms with Crippen molar-refractivity contribution in [3.05, 3.63) is 53.0 Å². The van der Waals surface area contributed by atoms with Gasteiger partial charge in [0.1, 0.15) is 10.7 Å². The molecule has 3 amide bonds. The molecule has 156 valence electrons. The number of primary amides is 1. The molecule has 1 aliphatic heterocycles. The van der Waals surface area contributed by atoms with E-state index < -0.39 is 5.91 Å². The predicted molar refractivity (Wildman–Crippen MR) is 117 cm³/mol. The Morgan fingerprint density at radius 3 is 2.60 bits per heavy atom. The number of nitrogens with zero attached hydrogens (tertiary/aromatic N) is 2. The molecule has 30 heavy (non-hydrogen) atoms. The first-order valence-electron chi connectivity index (χ1n) is 9.78. The van der Waals surface area contributed by atoms with Crippen LogP contribution in [0, 0.1) is 0 Å². The second-order valence-electron chi connectivity index (χ2n) is 7.23. The van der Waals surface area contributed by atoms with Gasteiger partial charge < -0.3 is 20.9 Å². The highest BCUT2D eigenvalue weighted by Crippen LogP contribution is 2.23. The van der Waals surface area contributed by atoms with E-state index in [0.29, 0.717) is 55.4 Å². The maximum atomic E-state index is 12.8. The molecule has 0 spiro atoms. The van der Waals surface area contributed by atoms with Crippen molar-refractivity contribution in [1.29, 1.82) is 0 Å². The van der Waals surface area contributed by atoms with Gasteiger partial charge in [0.2, 0.25) is 5.91 Å². The number of aromatic nitrogens is 1. The van der Waals surface area contributed by atoms with Crippen LogP contribution in [0.5, 0.6) is 0 Å². The van der Waals surface area contributed by atoms with Crippen LogP contribution in [0.3, 0.4) is 0 Å². The van der Waals surface area contributed by atoms with Crippen LogP contribution < -0.4 is 11.1 Å². The van der Waals surface area contributed by atoms with Crippen LogP contribution in [0.4, 0.5) is 5.00 Å². The molecule has 4 N–H and O–H groups in total. The minimum Gasteiger partial charge on any atom is -0.366 e. The maximum absolute atomic E-state index is 12.8. The van der Waals surface area contributed by atoms with Crippen molar-refractivity contribution in [2.75, 3.05) is 38.0 Å². The number of carbonyl (C=O) groups excluding carboxylic acids is 3. The molecular formula is C21H23N5O3S. The van der Waals surface area contributed by atoms with Crippen molar-refractivity contribution in [2.45, 2.75) is 6.42 Å². The van der Waals surface area contributed by atoms with Crippen molar-refractivity contribution in [3.8, 4) is 0 Å². The number of hydrogen-bond acceptors (Lipinski definition) is 5. The normalized spacial score (nSPS) is 14.7. The summed E-state index contributed by atoms with van der Waals surface area (Å²) in [6.07, 6.45) is 0.312. The highest BCUT2D eigenvalue weighted by Gasteiger charge is 2.23. The number of H-pyrrole nitrogens is 1. The first-order valence-corrected chi connectivity index (χ1v) is 10.7. The van der Waals surface area contributed by atoms with Gasteiger partial charge in [-0.05, 0) is 23.6 Å². The summed E-state index contributed by atoms with van der Waals surface area (Å²) in [6.45, 7) is 3.26. The summed E-state index contributed by atoms with van der Waals surface area (Å²) in [5, 5.41) is 5.99. The SMILES string of the molecule is NC(=O)c1ccsc1NC(=O)CCN1CCN(C(=O)c2cc3ccccc3[nH]2)CC1. The van der Waals surface area contributed by atoms with Crippen LogP contribution in [0.25, 0.3) is 10.9 Å². The van der Waals surface area contributed by atoms with Gasteiger partial charge in [-0.15, -0.1) is 11.3 Å². The first-order chi connectivity index (χ1) is 14.5. The lowest BCUT2D eigenvalue weighted by Gasteiger charge is -2.34. The average Bonchev–Trinajstić information content (AvgIpc) is 3.39. The lowest BCUT2D eigenvalue weighted by Crippen LogP contribution is -2.49. The summed E-state index contributed by atoms with van der Waals surface area (Å²) in [5.41, 5.74) is 7.19. The smallest absolute Gasteiger partial charge is 0.270 e. The number of thiophene rings is 1. The van der Waals surface area contributed by atoms with E-state index in [0.717, 1.165) is 10.9 Å². The molecule has 0 saturated carbocycles. The minimum atomic E-state index is -0.553. The van der Waals surface area contributed by atoms with E-state index in [1.165, 1.54) is 11.3 Å². The van der Waals surface area contributed by atoms with Crippen LogP contribution in [0.1, 0.15) is 27.3 Å². The number of piperazine rings is 1. The van der Waals surface area contributed by atoms with E-state index in [-0.39, 0.29) is 11.8 Å². The molecule has 8 nitrogen and oxygen atoms in total. The topological polar surface area (TPSA) is 112 Å². The summed E-state index contributed by atoms with van der Waals surface area (Å²) in [4.78, 5) is 43.5. The molecule has 9 heteroatoms.